The molecule has 0 spiro atoms. The van der Waals surface area contributed by atoms with Crippen molar-refractivity contribution in [1.82, 2.24) is 10.2 Å². The molecule has 0 saturated carbocycles. The average Bonchev–Trinajstić information content (AvgIpc) is 2.75. The minimum atomic E-state index is -0.126. The van der Waals surface area contributed by atoms with Gasteiger partial charge in [0.2, 0.25) is 0 Å². The number of benzene rings is 2. The van der Waals surface area contributed by atoms with E-state index < -0.39 is 0 Å². The first kappa shape index (κ1) is 17.7. The Hall–Kier alpha value is -2.72. The van der Waals surface area contributed by atoms with Gasteiger partial charge in [0.15, 0.2) is 5.82 Å². The molecule has 138 valence electrons. The Morgan fingerprint density at radius 3 is 2.30 bits per heavy atom. The topological polar surface area (TPSA) is 49.2 Å². The van der Waals surface area contributed by atoms with Gasteiger partial charge in [-0.05, 0) is 37.0 Å². The first-order valence-corrected chi connectivity index (χ1v) is 9.57. The monoisotopic (exact) mass is 359 g/mol. The van der Waals surface area contributed by atoms with E-state index in [1.807, 2.05) is 48.5 Å². The lowest BCUT2D eigenvalue weighted by Crippen LogP contribution is -2.47. The van der Waals surface area contributed by atoms with Crippen molar-refractivity contribution in [2.75, 3.05) is 24.6 Å². The molecule has 27 heavy (non-hydrogen) atoms. The van der Waals surface area contributed by atoms with E-state index in [2.05, 4.69) is 39.4 Å². The molecule has 0 amide bonds. The standard InChI is InChI=1S/C23H25N3O/c27-18-23(16-19-8-3-1-4-9-19)14-7-15-26(17-23)22-13-12-21(24-25-22)20-10-5-2-6-11-20/h1-6,8-13,27H,7,14-18H2/t23-/m0/s1. The second-order valence-electron chi connectivity index (χ2n) is 7.49. The zero-order valence-electron chi connectivity index (χ0n) is 15.5. The smallest absolute Gasteiger partial charge is 0.151 e. The zero-order valence-corrected chi connectivity index (χ0v) is 15.5. The second-order valence-corrected chi connectivity index (χ2v) is 7.49. The van der Waals surface area contributed by atoms with E-state index in [0.717, 1.165) is 49.4 Å². The first-order chi connectivity index (χ1) is 13.3. The first-order valence-electron chi connectivity index (χ1n) is 9.57. The van der Waals surface area contributed by atoms with E-state index in [-0.39, 0.29) is 12.0 Å². The van der Waals surface area contributed by atoms with Crippen molar-refractivity contribution in [2.45, 2.75) is 19.3 Å². The van der Waals surface area contributed by atoms with Crippen molar-refractivity contribution in [2.24, 2.45) is 5.41 Å². The molecular formula is C23H25N3O. The third kappa shape index (κ3) is 4.01. The average molecular weight is 359 g/mol. The van der Waals surface area contributed by atoms with Gasteiger partial charge in [-0.3, -0.25) is 0 Å². The van der Waals surface area contributed by atoms with Crippen LogP contribution >= 0.6 is 0 Å². The summed E-state index contributed by atoms with van der Waals surface area (Å²) < 4.78 is 0. The fourth-order valence-electron chi connectivity index (χ4n) is 4.02. The van der Waals surface area contributed by atoms with Crippen LogP contribution in [-0.2, 0) is 6.42 Å². The summed E-state index contributed by atoms with van der Waals surface area (Å²) in [5.74, 6) is 0.889. The van der Waals surface area contributed by atoms with Gasteiger partial charge < -0.3 is 10.0 Å². The summed E-state index contributed by atoms with van der Waals surface area (Å²) in [6, 6.07) is 24.6. The lowest BCUT2D eigenvalue weighted by molar-refractivity contribution is 0.105. The van der Waals surface area contributed by atoms with E-state index in [4.69, 9.17) is 0 Å². The molecule has 2 aromatic carbocycles. The molecule has 1 fully saturated rings. The summed E-state index contributed by atoms with van der Waals surface area (Å²) in [4.78, 5) is 2.27. The van der Waals surface area contributed by atoms with Crippen molar-refractivity contribution in [1.29, 1.82) is 0 Å². The molecule has 0 bridgehead atoms. The SMILES string of the molecule is OC[C@]1(Cc2ccccc2)CCCN(c2ccc(-c3ccccc3)nn2)C1. The largest absolute Gasteiger partial charge is 0.396 e. The highest BCUT2D eigenvalue weighted by Crippen LogP contribution is 2.35. The number of hydrogen-bond donors (Lipinski definition) is 1. The van der Waals surface area contributed by atoms with E-state index in [0.29, 0.717) is 0 Å². The fraction of sp³-hybridized carbons (Fsp3) is 0.304. The molecular weight excluding hydrogens is 334 g/mol. The summed E-state index contributed by atoms with van der Waals surface area (Å²) in [6.07, 6.45) is 2.97. The Labute approximate surface area is 160 Å². The normalized spacial score (nSPS) is 19.8. The number of aromatic nitrogens is 2. The Kier molecular flexibility index (Phi) is 5.16. The number of aliphatic hydroxyl groups is 1. The van der Waals surface area contributed by atoms with Gasteiger partial charge in [-0.2, -0.15) is 0 Å². The molecule has 4 nitrogen and oxygen atoms in total. The quantitative estimate of drug-likeness (QED) is 0.749. The van der Waals surface area contributed by atoms with Crippen LogP contribution in [0.1, 0.15) is 18.4 Å². The second kappa shape index (κ2) is 7.89. The Morgan fingerprint density at radius 1 is 0.889 bits per heavy atom. The van der Waals surface area contributed by atoms with Crippen LogP contribution < -0.4 is 4.90 Å². The van der Waals surface area contributed by atoms with Gasteiger partial charge in [-0.15, -0.1) is 10.2 Å². The number of aliphatic hydroxyl groups excluding tert-OH is 1. The molecule has 3 aromatic rings. The molecule has 1 aliphatic rings. The van der Waals surface area contributed by atoms with E-state index in [1.165, 1.54) is 5.56 Å². The minimum absolute atomic E-state index is 0.126. The summed E-state index contributed by atoms with van der Waals surface area (Å²) in [7, 11) is 0. The Bertz CT molecular complexity index is 852. The third-order valence-electron chi connectivity index (χ3n) is 5.46. The van der Waals surface area contributed by atoms with Crippen LogP contribution in [0.15, 0.2) is 72.8 Å². The summed E-state index contributed by atoms with van der Waals surface area (Å²) in [5.41, 5.74) is 3.11. The summed E-state index contributed by atoms with van der Waals surface area (Å²) in [5, 5.41) is 19.1. The molecule has 0 aliphatic carbocycles. The Balaban J connectivity index is 1.52. The summed E-state index contributed by atoms with van der Waals surface area (Å²) >= 11 is 0. The lowest BCUT2D eigenvalue weighted by atomic mass is 9.76. The number of anilines is 1. The molecule has 1 saturated heterocycles. The van der Waals surface area contributed by atoms with Gasteiger partial charge in [0, 0.05) is 24.1 Å². The molecule has 0 radical (unpaired) electrons. The maximum Gasteiger partial charge on any atom is 0.151 e. The molecule has 1 aromatic heterocycles. The maximum absolute atomic E-state index is 10.2. The van der Waals surface area contributed by atoms with Gasteiger partial charge >= 0.3 is 0 Å². The van der Waals surface area contributed by atoms with E-state index >= 15 is 0 Å². The highest BCUT2D eigenvalue weighted by Gasteiger charge is 2.35. The lowest BCUT2D eigenvalue weighted by Gasteiger charge is -2.42. The molecule has 1 atom stereocenters. The van der Waals surface area contributed by atoms with Gasteiger partial charge in [0.1, 0.15) is 0 Å². The van der Waals surface area contributed by atoms with Crippen LogP contribution in [0.5, 0.6) is 0 Å². The van der Waals surface area contributed by atoms with E-state index in [1.54, 1.807) is 0 Å². The van der Waals surface area contributed by atoms with Gasteiger partial charge in [0.05, 0.1) is 12.3 Å². The van der Waals surface area contributed by atoms with Crippen molar-refractivity contribution in [3.8, 4) is 11.3 Å². The highest BCUT2D eigenvalue weighted by molar-refractivity contribution is 5.59. The summed E-state index contributed by atoms with van der Waals surface area (Å²) in [6.45, 7) is 1.95. The maximum atomic E-state index is 10.2. The molecule has 4 rings (SSSR count). The molecule has 4 heteroatoms. The van der Waals surface area contributed by atoms with Crippen LogP contribution in [0.4, 0.5) is 5.82 Å². The number of hydrogen-bond acceptors (Lipinski definition) is 4. The molecule has 0 unspecified atom stereocenters. The van der Waals surface area contributed by atoms with Gasteiger partial charge in [-0.25, -0.2) is 0 Å². The number of piperidine rings is 1. The van der Waals surface area contributed by atoms with Crippen LogP contribution in [0.3, 0.4) is 0 Å². The predicted molar refractivity (Wildman–Crippen MR) is 109 cm³/mol. The van der Waals surface area contributed by atoms with E-state index in [9.17, 15) is 5.11 Å². The number of nitrogens with zero attached hydrogens (tertiary/aromatic N) is 3. The Morgan fingerprint density at radius 2 is 1.63 bits per heavy atom. The van der Waals surface area contributed by atoms with Crippen molar-refractivity contribution in [3.63, 3.8) is 0 Å². The molecule has 2 heterocycles. The highest BCUT2D eigenvalue weighted by atomic mass is 16.3. The zero-order chi connectivity index (χ0) is 18.5. The van der Waals surface area contributed by atoms with Crippen molar-refractivity contribution in [3.05, 3.63) is 78.4 Å². The molecule has 1 aliphatic heterocycles. The van der Waals surface area contributed by atoms with Crippen LogP contribution in [0, 0.1) is 5.41 Å². The van der Waals surface area contributed by atoms with Gasteiger partial charge in [0.25, 0.3) is 0 Å². The van der Waals surface area contributed by atoms with Crippen LogP contribution in [0.2, 0.25) is 0 Å². The fourth-order valence-corrected chi connectivity index (χ4v) is 4.02. The minimum Gasteiger partial charge on any atom is -0.396 e. The van der Waals surface area contributed by atoms with Crippen LogP contribution in [0.25, 0.3) is 11.3 Å². The predicted octanol–water partition coefficient (Wildman–Crippen LogP) is 3.97. The van der Waals surface area contributed by atoms with Crippen LogP contribution in [-0.4, -0.2) is 35.0 Å². The van der Waals surface area contributed by atoms with Gasteiger partial charge in [-0.1, -0.05) is 60.7 Å². The van der Waals surface area contributed by atoms with Crippen molar-refractivity contribution < 1.29 is 5.11 Å². The third-order valence-corrected chi connectivity index (χ3v) is 5.46. The number of rotatable bonds is 5. The van der Waals surface area contributed by atoms with Crippen molar-refractivity contribution >= 4 is 5.82 Å². The molecule has 1 N–H and O–H groups in total.